The second-order valence-electron chi connectivity index (χ2n) is 4.67. The molecule has 0 radical (unpaired) electrons. The third-order valence-electron chi connectivity index (χ3n) is 3.36. The van der Waals surface area contributed by atoms with E-state index in [2.05, 4.69) is 31.0 Å². The van der Waals surface area contributed by atoms with Gasteiger partial charge in [-0.25, -0.2) is 0 Å². The molecule has 0 amide bonds. The molecule has 1 N–H and O–H groups in total. The zero-order valence-electron chi connectivity index (χ0n) is 12.9. The average Bonchev–Trinajstić information content (AvgIpc) is 2.37. The molecular formula is C14H32N2O2. The Labute approximate surface area is 113 Å². The third kappa shape index (κ3) is 7.31. The van der Waals surface area contributed by atoms with E-state index in [1.807, 2.05) is 0 Å². The molecule has 1 atom stereocenters. The van der Waals surface area contributed by atoms with Crippen molar-refractivity contribution in [1.29, 1.82) is 0 Å². The summed E-state index contributed by atoms with van der Waals surface area (Å²) in [6, 6.07) is 1.04. The summed E-state index contributed by atoms with van der Waals surface area (Å²) in [4.78, 5) is 2.52. The minimum atomic E-state index is 0.400. The molecule has 0 fully saturated rings. The highest BCUT2D eigenvalue weighted by Gasteiger charge is 2.19. The van der Waals surface area contributed by atoms with Gasteiger partial charge < -0.3 is 14.8 Å². The minimum Gasteiger partial charge on any atom is -0.383 e. The maximum atomic E-state index is 5.29. The fourth-order valence-corrected chi connectivity index (χ4v) is 2.39. The lowest BCUT2D eigenvalue weighted by atomic mass is 10.1. The van der Waals surface area contributed by atoms with Crippen LogP contribution in [0.1, 0.15) is 33.6 Å². The van der Waals surface area contributed by atoms with Crippen molar-refractivity contribution in [3.05, 3.63) is 0 Å². The van der Waals surface area contributed by atoms with Crippen molar-refractivity contribution < 1.29 is 9.47 Å². The van der Waals surface area contributed by atoms with Gasteiger partial charge in [-0.1, -0.05) is 20.8 Å². The van der Waals surface area contributed by atoms with E-state index in [4.69, 9.17) is 9.47 Å². The van der Waals surface area contributed by atoms with Crippen LogP contribution in [0.25, 0.3) is 0 Å². The summed E-state index contributed by atoms with van der Waals surface area (Å²) in [7, 11) is 3.53. The Morgan fingerprint density at radius 1 is 1.06 bits per heavy atom. The van der Waals surface area contributed by atoms with E-state index in [1.54, 1.807) is 14.2 Å². The predicted molar refractivity (Wildman–Crippen MR) is 77.2 cm³/mol. The van der Waals surface area contributed by atoms with Crippen molar-refractivity contribution in [3.8, 4) is 0 Å². The summed E-state index contributed by atoms with van der Waals surface area (Å²) in [5.41, 5.74) is 0. The van der Waals surface area contributed by atoms with Gasteiger partial charge in [0.05, 0.1) is 13.2 Å². The summed E-state index contributed by atoms with van der Waals surface area (Å²) in [5, 5.41) is 3.49. The number of methoxy groups -OCH3 is 2. The van der Waals surface area contributed by atoms with E-state index in [1.165, 1.54) is 12.8 Å². The van der Waals surface area contributed by atoms with E-state index in [0.29, 0.717) is 12.1 Å². The number of hydrogen-bond donors (Lipinski definition) is 1. The number of rotatable bonds is 12. The first-order valence-electron chi connectivity index (χ1n) is 7.18. The zero-order valence-corrected chi connectivity index (χ0v) is 12.9. The van der Waals surface area contributed by atoms with Crippen molar-refractivity contribution in [3.63, 3.8) is 0 Å². The lowest BCUT2D eigenvalue weighted by Gasteiger charge is -2.33. The molecule has 4 nitrogen and oxygen atoms in total. The van der Waals surface area contributed by atoms with Crippen molar-refractivity contribution in [2.24, 2.45) is 0 Å². The molecule has 0 aliphatic rings. The summed E-state index contributed by atoms with van der Waals surface area (Å²) in [5.74, 6) is 0. The molecule has 0 aliphatic heterocycles. The van der Waals surface area contributed by atoms with Gasteiger partial charge in [0.25, 0.3) is 0 Å². The Morgan fingerprint density at radius 2 is 1.72 bits per heavy atom. The molecule has 0 aromatic rings. The number of ether oxygens (including phenoxy) is 2. The van der Waals surface area contributed by atoms with E-state index in [0.717, 1.165) is 32.8 Å². The summed E-state index contributed by atoms with van der Waals surface area (Å²) >= 11 is 0. The second kappa shape index (κ2) is 11.9. The monoisotopic (exact) mass is 260 g/mol. The first-order valence-corrected chi connectivity index (χ1v) is 7.18. The van der Waals surface area contributed by atoms with Crippen LogP contribution in [-0.2, 0) is 9.47 Å². The van der Waals surface area contributed by atoms with Crippen molar-refractivity contribution in [2.45, 2.75) is 45.7 Å². The van der Waals surface area contributed by atoms with Gasteiger partial charge >= 0.3 is 0 Å². The molecule has 0 aliphatic carbocycles. The van der Waals surface area contributed by atoms with Crippen LogP contribution in [0.2, 0.25) is 0 Å². The van der Waals surface area contributed by atoms with E-state index in [-0.39, 0.29) is 0 Å². The molecule has 18 heavy (non-hydrogen) atoms. The molecule has 0 aromatic heterocycles. The number of hydrogen-bond acceptors (Lipinski definition) is 4. The first kappa shape index (κ1) is 17.8. The Bertz CT molecular complexity index is 169. The molecule has 0 saturated carbocycles. The normalized spacial score (nSPS) is 13.5. The second-order valence-corrected chi connectivity index (χ2v) is 4.67. The van der Waals surface area contributed by atoms with Gasteiger partial charge in [-0.3, -0.25) is 4.90 Å². The molecule has 4 heteroatoms. The molecule has 0 bridgehead atoms. The molecule has 1 unspecified atom stereocenters. The summed E-state index contributed by atoms with van der Waals surface area (Å²) in [6.07, 6.45) is 2.37. The minimum absolute atomic E-state index is 0.400. The maximum absolute atomic E-state index is 5.29. The topological polar surface area (TPSA) is 33.7 Å². The van der Waals surface area contributed by atoms with E-state index >= 15 is 0 Å². The van der Waals surface area contributed by atoms with Gasteiger partial charge in [-0.2, -0.15) is 0 Å². The average molecular weight is 260 g/mol. The van der Waals surface area contributed by atoms with Crippen molar-refractivity contribution in [2.75, 3.05) is 47.1 Å². The quantitative estimate of drug-likeness (QED) is 0.579. The zero-order chi connectivity index (χ0) is 13.8. The molecule has 0 rings (SSSR count). The molecule has 0 spiro atoms. The highest BCUT2D eigenvalue weighted by Crippen LogP contribution is 2.09. The van der Waals surface area contributed by atoms with Gasteiger partial charge in [0.2, 0.25) is 0 Å². The lowest BCUT2D eigenvalue weighted by molar-refractivity contribution is 0.0864. The predicted octanol–water partition coefficient (Wildman–Crippen LogP) is 1.75. The fraction of sp³-hybridized carbons (Fsp3) is 1.00. The van der Waals surface area contributed by atoms with Crippen LogP contribution in [0.5, 0.6) is 0 Å². The number of nitrogens with one attached hydrogen (secondary N) is 1. The van der Waals surface area contributed by atoms with Gasteiger partial charge in [0.1, 0.15) is 0 Å². The Balaban J connectivity index is 4.40. The van der Waals surface area contributed by atoms with Crippen LogP contribution < -0.4 is 5.32 Å². The SMILES string of the molecule is CCNC(COC)CN(CCOC)C(CC)CC. The maximum Gasteiger partial charge on any atom is 0.0628 e. The lowest BCUT2D eigenvalue weighted by Crippen LogP contribution is -2.48. The molecule has 110 valence electrons. The smallest absolute Gasteiger partial charge is 0.0628 e. The summed E-state index contributed by atoms with van der Waals surface area (Å²) in [6.45, 7) is 11.2. The Kier molecular flexibility index (Phi) is 11.8. The van der Waals surface area contributed by atoms with Gasteiger partial charge in [-0.15, -0.1) is 0 Å². The van der Waals surface area contributed by atoms with Crippen molar-refractivity contribution >= 4 is 0 Å². The third-order valence-corrected chi connectivity index (χ3v) is 3.36. The van der Waals surface area contributed by atoms with Crippen LogP contribution in [0.4, 0.5) is 0 Å². The van der Waals surface area contributed by atoms with Crippen molar-refractivity contribution in [1.82, 2.24) is 10.2 Å². The first-order chi connectivity index (χ1) is 8.73. The van der Waals surface area contributed by atoms with Crippen LogP contribution >= 0.6 is 0 Å². The Morgan fingerprint density at radius 3 is 2.17 bits per heavy atom. The van der Waals surface area contributed by atoms with Gasteiger partial charge in [0.15, 0.2) is 0 Å². The van der Waals surface area contributed by atoms with Crippen LogP contribution in [0, 0.1) is 0 Å². The van der Waals surface area contributed by atoms with E-state index < -0.39 is 0 Å². The summed E-state index contributed by atoms with van der Waals surface area (Å²) < 4.78 is 10.5. The standard InChI is InChI=1S/C14H32N2O2/c1-6-14(7-2)16(9-10-17-4)11-13(12-18-5)15-8-3/h13-15H,6-12H2,1-5H3. The van der Waals surface area contributed by atoms with Crippen LogP contribution in [0.15, 0.2) is 0 Å². The largest absolute Gasteiger partial charge is 0.383 e. The molecule has 0 aromatic carbocycles. The molecule has 0 heterocycles. The molecular weight excluding hydrogens is 228 g/mol. The van der Waals surface area contributed by atoms with Gasteiger partial charge in [0, 0.05) is 39.4 Å². The molecule has 0 saturated heterocycles. The number of likely N-dealkylation sites (N-methyl/N-ethyl adjacent to an activating group) is 1. The van der Waals surface area contributed by atoms with Crippen LogP contribution in [-0.4, -0.2) is 64.1 Å². The highest BCUT2D eigenvalue weighted by molar-refractivity contribution is 4.76. The number of nitrogens with zero attached hydrogens (tertiary/aromatic N) is 1. The fourth-order valence-electron chi connectivity index (χ4n) is 2.39. The van der Waals surface area contributed by atoms with Gasteiger partial charge in [-0.05, 0) is 19.4 Å². The van der Waals surface area contributed by atoms with Crippen LogP contribution in [0.3, 0.4) is 0 Å². The highest BCUT2D eigenvalue weighted by atomic mass is 16.5. The Hall–Kier alpha value is -0.160. The van der Waals surface area contributed by atoms with E-state index in [9.17, 15) is 0 Å².